The van der Waals surface area contributed by atoms with Crippen LogP contribution >= 0.6 is 23.2 Å². The molecule has 1 aromatic heterocycles. The van der Waals surface area contributed by atoms with Gasteiger partial charge in [0.05, 0.1) is 12.0 Å². The first-order chi connectivity index (χ1) is 13.7. The van der Waals surface area contributed by atoms with Crippen LogP contribution in [0.3, 0.4) is 0 Å². The van der Waals surface area contributed by atoms with E-state index in [-0.39, 0.29) is 0 Å². The Morgan fingerprint density at radius 1 is 1.28 bits per heavy atom. The van der Waals surface area contributed by atoms with Crippen LogP contribution in [0.4, 0.5) is 0 Å². The molecule has 4 rings (SSSR count). The molecule has 1 amide bonds. The molecule has 2 atom stereocenters. The fraction of sp³-hybridized carbons (Fsp3) is 0.381. The monoisotopic (exact) mass is 434 g/mol. The fourth-order valence-corrected chi connectivity index (χ4v) is 4.03. The van der Waals surface area contributed by atoms with Crippen LogP contribution < -0.4 is 0 Å². The van der Waals surface area contributed by atoms with Crippen molar-refractivity contribution >= 4 is 40.8 Å². The Hall–Kier alpha value is -2.31. The number of benzene rings is 1. The van der Waals surface area contributed by atoms with Gasteiger partial charge in [0.1, 0.15) is 21.6 Å². The number of halogens is 2. The van der Waals surface area contributed by atoms with Crippen LogP contribution in [0.1, 0.15) is 42.7 Å². The van der Waals surface area contributed by atoms with Crippen molar-refractivity contribution in [1.82, 2.24) is 5.01 Å². The highest BCUT2D eigenvalue weighted by Gasteiger charge is 2.69. The molecule has 0 spiro atoms. The number of esters is 1. The summed E-state index contributed by atoms with van der Waals surface area (Å²) < 4.78 is 9.57. The third-order valence-corrected chi connectivity index (χ3v) is 6.56. The van der Waals surface area contributed by atoms with E-state index >= 15 is 0 Å². The molecule has 8 heteroatoms. The van der Waals surface area contributed by atoms with Crippen molar-refractivity contribution in [3.63, 3.8) is 0 Å². The van der Waals surface area contributed by atoms with E-state index in [2.05, 4.69) is 5.10 Å². The molecule has 152 valence electrons. The third kappa shape index (κ3) is 3.67. The van der Waals surface area contributed by atoms with Crippen LogP contribution in [-0.4, -0.2) is 33.5 Å². The minimum Gasteiger partial charge on any atom is -0.467 e. The molecule has 0 radical (unpaired) electrons. The number of amides is 1. The lowest BCUT2D eigenvalue weighted by molar-refractivity contribution is -0.157. The van der Waals surface area contributed by atoms with Crippen molar-refractivity contribution in [2.75, 3.05) is 6.61 Å². The molecule has 6 nitrogen and oxygen atoms in total. The summed E-state index contributed by atoms with van der Waals surface area (Å²) in [6.45, 7) is 3.18. The SMILES string of the molecule is Cc1ccc(C2=NN(C(=O)COC(=O)[C@@]3(C)CC3(Cl)Cl)[C@H](c3ccco3)C2)cc1. The molecule has 2 aromatic rings. The predicted molar refractivity (Wildman–Crippen MR) is 109 cm³/mol. The van der Waals surface area contributed by atoms with E-state index < -0.39 is 34.3 Å². The Balaban J connectivity index is 1.51. The van der Waals surface area contributed by atoms with Gasteiger partial charge in [0.25, 0.3) is 5.91 Å². The molecule has 2 aliphatic rings. The molecule has 1 aromatic carbocycles. The van der Waals surface area contributed by atoms with Crippen molar-refractivity contribution in [3.05, 3.63) is 59.5 Å². The van der Waals surface area contributed by atoms with Gasteiger partial charge < -0.3 is 9.15 Å². The smallest absolute Gasteiger partial charge is 0.315 e. The van der Waals surface area contributed by atoms with E-state index in [9.17, 15) is 9.59 Å². The van der Waals surface area contributed by atoms with Gasteiger partial charge in [0.15, 0.2) is 6.61 Å². The first-order valence-corrected chi connectivity index (χ1v) is 10.0. The van der Waals surface area contributed by atoms with Crippen molar-refractivity contribution < 1.29 is 18.7 Å². The molecule has 1 aliphatic heterocycles. The Kier molecular flexibility index (Phi) is 4.95. The normalized spacial score (nSPS) is 24.9. The van der Waals surface area contributed by atoms with E-state index in [4.69, 9.17) is 32.4 Å². The van der Waals surface area contributed by atoms with Crippen LogP contribution in [0, 0.1) is 12.3 Å². The van der Waals surface area contributed by atoms with Gasteiger partial charge in [-0.3, -0.25) is 9.59 Å². The van der Waals surface area contributed by atoms with Gasteiger partial charge in [0.2, 0.25) is 0 Å². The average Bonchev–Trinajstić information content (AvgIpc) is 3.15. The Morgan fingerprint density at radius 3 is 2.55 bits per heavy atom. The maximum atomic E-state index is 12.8. The van der Waals surface area contributed by atoms with Crippen LogP contribution in [0.25, 0.3) is 0 Å². The number of furan rings is 1. The average molecular weight is 435 g/mol. The number of alkyl halides is 2. The van der Waals surface area contributed by atoms with Crippen LogP contribution in [0.2, 0.25) is 0 Å². The third-order valence-electron chi connectivity index (χ3n) is 5.46. The lowest BCUT2D eigenvalue weighted by Crippen LogP contribution is -2.33. The number of nitrogens with zero attached hydrogens (tertiary/aromatic N) is 2. The molecular formula is C21H20Cl2N2O4. The molecule has 0 bridgehead atoms. The number of hydrogen-bond acceptors (Lipinski definition) is 5. The van der Waals surface area contributed by atoms with Crippen LogP contribution in [-0.2, 0) is 14.3 Å². The number of carbonyl (C=O) groups excluding carboxylic acids is 2. The number of hydrogen-bond donors (Lipinski definition) is 0. The number of hydrazone groups is 1. The van der Waals surface area contributed by atoms with E-state index in [1.54, 1.807) is 25.3 Å². The zero-order chi connectivity index (χ0) is 20.8. The van der Waals surface area contributed by atoms with E-state index in [1.165, 1.54) is 5.01 Å². The van der Waals surface area contributed by atoms with Gasteiger partial charge in [-0.25, -0.2) is 5.01 Å². The largest absolute Gasteiger partial charge is 0.467 e. The van der Waals surface area contributed by atoms with E-state index in [0.717, 1.165) is 16.8 Å². The molecule has 1 aliphatic carbocycles. The van der Waals surface area contributed by atoms with Gasteiger partial charge >= 0.3 is 5.97 Å². The summed E-state index contributed by atoms with van der Waals surface area (Å²) in [4.78, 5) is 25.1. The minimum atomic E-state index is -1.14. The van der Waals surface area contributed by atoms with Gasteiger partial charge in [-0.15, -0.1) is 23.2 Å². The molecule has 0 N–H and O–H groups in total. The second-order valence-corrected chi connectivity index (χ2v) is 9.16. The van der Waals surface area contributed by atoms with Gasteiger partial charge in [-0.1, -0.05) is 29.8 Å². The minimum absolute atomic E-state index is 0.296. The van der Waals surface area contributed by atoms with Crippen molar-refractivity contribution in [3.8, 4) is 0 Å². The van der Waals surface area contributed by atoms with Crippen LogP contribution in [0.15, 0.2) is 52.2 Å². The lowest BCUT2D eigenvalue weighted by Gasteiger charge is -2.20. The van der Waals surface area contributed by atoms with E-state index in [1.807, 2.05) is 31.2 Å². The molecule has 1 fully saturated rings. The number of ether oxygens (including phenoxy) is 1. The Morgan fingerprint density at radius 2 is 1.97 bits per heavy atom. The van der Waals surface area contributed by atoms with Crippen molar-refractivity contribution in [1.29, 1.82) is 0 Å². The maximum Gasteiger partial charge on any atom is 0.315 e. The summed E-state index contributed by atoms with van der Waals surface area (Å²) in [5.41, 5.74) is 1.84. The molecule has 0 unspecified atom stereocenters. The quantitative estimate of drug-likeness (QED) is 0.516. The van der Waals surface area contributed by atoms with E-state index in [0.29, 0.717) is 18.6 Å². The first-order valence-electron chi connectivity index (χ1n) is 9.26. The highest BCUT2D eigenvalue weighted by molar-refractivity contribution is 6.53. The Bertz CT molecular complexity index is 969. The highest BCUT2D eigenvalue weighted by Crippen LogP contribution is 2.64. The van der Waals surface area contributed by atoms with Gasteiger partial charge in [0, 0.05) is 12.8 Å². The van der Waals surface area contributed by atoms with Crippen LogP contribution in [0.5, 0.6) is 0 Å². The molecular weight excluding hydrogens is 415 g/mol. The molecule has 1 saturated carbocycles. The number of rotatable bonds is 5. The Labute approximate surface area is 178 Å². The summed E-state index contributed by atoms with van der Waals surface area (Å²) >= 11 is 12.0. The zero-order valence-corrected chi connectivity index (χ0v) is 17.5. The number of carbonyl (C=O) groups is 2. The predicted octanol–water partition coefficient (Wildman–Crippen LogP) is 4.39. The second-order valence-electron chi connectivity index (χ2n) is 7.68. The summed E-state index contributed by atoms with van der Waals surface area (Å²) in [6.07, 6.45) is 2.35. The first kappa shape index (κ1) is 20.0. The molecule has 0 saturated heterocycles. The summed E-state index contributed by atoms with van der Waals surface area (Å²) in [5, 5.41) is 5.83. The summed E-state index contributed by atoms with van der Waals surface area (Å²) in [7, 11) is 0. The zero-order valence-electron chi connectivity index (χ0n) is 16.0. The fourth-order valence-electron chi connectivity index (χ4n) is 3.34. The topological polar surface area (TPSA) is 72.1 Å². The van der Waals surface area contributed by atoms with Crippen molar-refractivity contribution in [2.24, 2.45) is 10.5 Å². The molecule has 2 heterocycles. The maximum absolute atomic E-state index is 12.8. The highest BCUT2D eigenvalue weighted by atomic mass is 35.5. The van der Waals surface area contributed by atoms with Crippen molar-refractivity contribution in [2.45, 2.75) is 37.1 Å². The summed E-state index contributed by atoms with van der Waals surface area (Å²) in [6, 6.07) is 11.1. The van der Waals surface area contributed by atoms with Gasteiger partial charge in [-0.05, 0) is 31.5 Å². The second kappa shape index (κ2) is 7.18. The summed E-state index contributed by atoms with van der Waals surface area (Å²) in [5.74, 6) is -0.418. The molecule has 29 heavy (non-hydrogen) atoms. The number of aryl methyl sites for hydroxylation is 1. The lowest BCUT2D eigenvalue weighted by atomic mass is 10.0. The van der Waals surface area contributed by atoms with Gasteiger partial charge in [-0.2, -0.15) is 5.10 Å². The standard InChI is InChI=1S/C21H20Cl2N2O4/c1-13-5-7-14(8-6-13)15-10-16(17-4-3-9-28-17)25(24-15)18(26)11-29-19(27)20(2)12-21(20,22)23/h3-9,16H,10-12H2,1-2H3/t16-,20+/m0/s1.